The van der Waals surface area contributed by atoms with Crippen LogP contribution in [0.5, 0.6) is 0 Å². The Bertz CT molecular complexity index is 1200. The number of nitriles is 1. The Kier molecular flexibility index (Phi) is 6.23. The number of amides is 1. The Morgan fingerprint density at radius 1 is 1.13 bits per heavy atom. The van der Waals surface area contributed by atoms with E-state index in [1.165, 1.54) is 28.8 Å². The molecule has 0 aliphatic carbocycles. The minimum Gasteiger partial charge on any atom is -0.321 e. The number of anilines is 1. The first kappa shape index (κ1) is 22.2. The van der Waals surface area contributed by atoms with Crippen molar-refractivity contribution in [3.05, 3.63) is 87.7 Å². The number of para-hydroxylation sites is 1. The van der Waals surface area contributed by atoms with Gasteiger partial charge in [0.05, 0.1) is 11.3 Å². The lowest BCUT2D eigenvalue weighted by Gasteiger charge is -2.16. The second-order valence-corrected chi connectivity index (χ2v) is 7.24. The zero-order valence-corrected chi connectivity index (χ0v) is 17.3. The molecule has 0 aliphatic heterocycles. The molecule has 0 aliphatic rings. The van der Waals surface area contributed by atoms with Crippen molar-refractivity contribution in [3.63, 3.8) is 0 Å². The number of rotatable bonds is 4. The van der Waals surface area contributed by atoms with Crippen LogP contribution < -0.4 is 5.32 Å². The van der Waals surface area contributed by atoms with Crippen molar-refractivity contribution in [2.24, 2.45) is 0 Å². The molecule has 1 amide bonds. The number of hydrogen-bond donors (Lipinski definition) is 1. The van der Waals surface area contributed by atoms with E-state index in [0.717, 1.165) is 6.07 Å². The maximum absolute atomic E-state index is 13.5. The summed E-state index contributed by atoms with van der Waals surface area (Å²) in [6, 6.07) is 15.1. The quantitative estimate of drug-likeness (QED) is 0.379. The standard InChI is InChI=1S/C23H17ClF3N3O/c1-14-11-16(12-17(13-28)22(31)29-19-9-7-18(24)8-10-19)15(2)30(14)21-6-4-3-5-20(21)23(25,26)27/h3-12H,1-2H3,(H,29,31)/b17-12-. The van der Waals surface area contributed by atoms with Gasteiger partial charge in [-0.25, -0.2) is 0 Å². The van der Waals surface area contributed by atoms with E-state index in [1.807, 2.05) is 6.07 Å². The minimum atomic E-state index is -4.52. The van der Waals surface area contributed by atoms with Gasteiger partial charge >= 0.3 is 6.18 Å². The van der Waals surface area contributed by atoms with E-state index in [0.29, 0.717) is 27.7 Å². The monoisotopic (exact) mass is 443 g/mol. The smallest absolute Gasteiger partial charge is 0.321 e. The van der Waals surface area contributed by atoms with Crippen molar-refractivity contribution in [2.45, 2.75) is 20.0 Å². The summed E-state index contributed by atoms with van der Waals surface area (Å²) in [5, 5.41) is 12.6. The summed E-state index contributed by atoms with van der Waals surface area (Å²) >= 11 is 5.82. The van der Waals surface area contributed by atoms with Crippen LogP contribution in [0.25, 0.3) is 11.8 Å². The molecule has 0 unspecified atom stereocenters. The third-order valence-corrected chi connectivity index (χ3v) is 4.94. The molecule has 0 saturated heterocycles. The Labute approximate surface area is 182 Å². The molecule has 3 aromatic rings. The van der Waals surface area contributed by atoms with Crippen LogP contribution in [-0.4, -0.2) is 10.5 Å². The molecule has 0 saturated carbocycles. The summed E-state index contributed by atoms with van der Waals surface area (Å²) in [6.45, 7) is 3.30. The summed E-state index contributed by atoms with van der Waals surface area (Å²) < 4.78 is 41.9. The topological polar surface area (TPSA) is 57.8 Å². The average molecular weight is 444 g/mol. The van der Waals surface area contributed by atoms with E-state index < -0.39 is 17.6 Å². The Morgan fingerprint density at radius 2 is 1.77 bits per heavy atom. The van der Waals surface area contributed by atoms with Crippen molar-refractivity contribution in [1.82, 2.24) is 4.57 Å². The molecule has 8 heteroatoms. The van der Waals surface area contributed by atoms with E-state index in [2.05, 4.69) is 5.32 Å². The fourth-order valence-electron chi connectivity index (χ4n) is 3.25. The van der Waals surface area contributed by atoms with Crippen LogP contribution in [0.15, 0.2) is 60.2 Å². The van der Waals surface area contributed by atoms with E-state index in [4.69, 9.17) is 11.6 Å². The first-order valence-corrected chi connectivity index (χ1v) is 9.54. The van der Waals surface area contributed by atoms with Gasteiger partial charge in [0.1, 0.15) is 11.6 Å². The first-order chi connectivity index (χ1) is 14.6. The maximum Gasteiger partial charge on any atom is 0.418 e. The van der Waals surface area contributed by atoms with Gasteiger partial charge in [0.15, 0.2) is 0 Å². The molecule has 1 N–H and O–H groups in total. The number of carbonyl (C=O) groups excluding carboxylic acids is 1. The van der Waals surface area contributed by atoms with Crippen LogP contribution in [0.2, 0.25) is 5.02 Å². The lowest BCUT2D eigenvalue weighted by atomic mass is 10.1. The Hall–Kier alpha value is -3.50. The third kappa shape index (κ3) is 4.81. The molecule has 0 bridgehead atoms. The Balaban J connectivity index is 2.00. The zero-order chi connectivity index (χ0) is 22.8. The molecule has 3 rings (SSSR count). The number of aryl methyl sites for hydroxylation is 1. The second-order valence-electron chi connectivity index (χ2n) is 6.81. The molecular formula is C23H17ClF3N3O. The van der Waals surface area contributed by atoms with Gasteiger partial charge in [0.2, 0.25) is 0 Å². The maximum atomic E-state index is 13.5. The first-order valence-electron chi connectivity index (χ1n) is 9.16. The van der Waals surface area contributed by atoms with Crippen LogP contribution in [0.4, 0.5) is 18.9 Å². The van der Waals surface area contributed by atoms with Gasteiger partial charge in [-0.1, -0.05) is 23.7 Å². The summed E-state index contributed by atoms with van der Waals surface area (Å²) in [7, 11) is 0. The largest absolute Gasteiger partial charge is 0.418 e. The molecule has 1 aromatic heterocycles. The third-order valence-electron chi connectivity index (χ3n) is 4.69. The lowest BCUT2D eigenvalue weighted by molar-refractivity contribution is -0.137. The van der Waals surface area contributed by atoms with Crippen molar-refractivity contribution in [1.29, 1.82) is 5.26 Å². The second kappa shape index (κ2) is 8.70. The van der Waals surface area contributed by atoms with E-state index in [-0.39, 0.29) is 11.3 Å². The van der Waals surface area contributed by atoms with Gasteiger partial charge in [-0.05, 0) is 68.0 Å². The number of hydrogen-bond acceptors (Lipinski definition) is 2. The number of nitrogens with one attached hydrogen (secondary N) is 1. The van der Waals surface area contributed by atoms with Gasteiger partial charge < -0.3 is 9.88 Å². The number of halogens is 4. The fraction of sp³-hybridized carbons (Fsp3) is 0.130. The predicted octanol–water partition coefficient (Wildman–Crippen LogP) is 6.31. The van der Waals surface area contributed by atoms with Crippen LogP contribution >= 0.6 is 11.6 Å². The van der Waals surface area contributed by atoms with Crippen molar-refractivity contribution < 1.29 is 18.0 Å². The van der Waals surface area contributed by atoms with E-state index in [9.17, 15) is 23.2 Å². The van der Waals surface area contributed by atoms with Gasteiger partial charge in [0, 0.05) is 22.1 Å². The van der Waals surface area contributed by atoms with Gasteiger partial charge in [-0.15, -0.1) is 0 Å². The van der Waals surface area contributed by atoms with E-state index in [1.54, 1.807) is 44.2 Å². The predicted molar refractivity (Wildman–Crippen MR) is 114 cm³/mol. The minimum absolute atomic E-state index is 0.0197. The SMILES string of the molecule is Cc1cc(/C=C(/C#N)C(=O)Nc2ccc(Cl)cc2)c(C)n1-c1ccccc1C(F)(F)F. The average Bonchev–Trinajstić information content (AvgIpc) is 3.00. The highest BCUT2D eigenvalue weighted by atomic mass is 35.5. The van der Waals surface area contributed by atoms with Gasteiger partial charge in [-0.2, -0.15) is 18.4 Å². The number of alkyl halides is 3. The van der Waals surface area contributed by atoms with Crippen molar-refractivity contribution in [2.75, 3.05) is 5.32 Å². The number of carbonyl (C=O) groups is 1. The molecule has 1 heterocycles. The van der Waals surface area contributed by atoms with Crippen molar-refractivity contribution in [3.8, 4) is 11.8 Å². The molecule has 0 spiro atoms. The highest BCUT2D eigenvalue weighted by Gasteiger charge is 2.34. The normalized spacial score (nSPS) is 11.8. The fourth-order valence-corrected chi connectivity index (χ4v) is 3.37. The molecule has 158 valence electrons. The molecule has 31 heavy (non-hydrogen) atoms. The van der Waals surface area contributed by atoms with E-state index >= 15 is 0 Å². The molecule has 2 aromatic carbocycles. The summed E-state index contributed by atoms with van der Waals surface area (Å²) in [4.78, 5) is 12.5. The van der Waals surface area contributed by atoms with Crippen LogP contribution in [0, 0.1) is 25.2 Å². The Morgan fingerprint density at radius 3 is 2.39 bits per heavy atom. The number of nitrogens with zero attached hydrogens (tertiary/aromatic N) is 2. The van der Waals surface area contributed by atoms with Crippen LogP contribution in [-0.2, 0) is 11.0 Å². The van der Waals surface area contributed by atoms with Crippen LogP contribution in [0.1, 0.15) is 22.5 Å². The highest BCUT2D eigenvalue weighted by molar-refractivity contribution is 6.30. The summed E-state index contributed by atoms with van der Waals surface area (Å²) in [5.74, 6) is -0.634. The summed E-state index contributed by atoms with van der Waals surface area (Å²) in [6.07, 6.45) is -3.16. The highest BCUT2D eigenvalue weighted by Crippen LogP contribution is 2.35. The van der Waals surface area contributed by atoms with Crippen molar-refractivity contribution >= 4 is 29.3 Å². The summed E-state index contributed by atoms with van der Waals surface area (Å²) in [5.41, 5.74) is 0.968. The van der Waals surface area contributed by atoms with Crippen LogP contribution in [0.3, 0.4) is 0 Å². The van der Waals surface area contributed by atoms with Gasteiger partial charge in [-0.3, -0.25) is 4.79 Å². The molecule has 4 nitrogen and oxygen atoms in total. The molecule has 0 radical (unpaired) electrons. The zero-order valence-electron chi connectivity index (χ0n) is 16.6. The number of aromatic nitrogens is 1. The molecule has 0 fully saturated rings. The lowest BCUT2D eigenvalue weighted by Crippen LogP contribution is -2.13. The molecule has 0 atom stereocenters. The molecular weight excluding hydrogens is 427 g/mol. The number of benzene rings is 2. The van der Waals surface area contributed by atoms with Gasteiger partial charge in [0.25, 0.3) is 5.91 Å².